The van der Waals surface area contributed by atoms with Crippen LogP contribution in [0, 0.1) is 6.92 Å². The lowest BCUT2D eigenvalue weighted by Crippen LogP contribution is -2.36. The first-order chi connectivity index (χ1) is 11.5. The van der Waals surface area contributed by atoms with E-state index in [1.54, 1.807) is 6.20 Å². The Kier molecular flexibility index (Phi) is 4.85. The summed E-state index contributed by atoms with van der Waals surface area (Å²) in [5.41, 5.74) is 3.63. The molecule has 0 radical (unpaired) electrons. The Balaban J connectivity index is 1.76. The van der Waals surface area contributed by atoms with Crippen molar-refractivity contribution < 1.29 is 9.53 Å². The van der Waals surface area contributed by atoms with Crippen molar-refractivity contribution in [1.82, 2.24) is 9.78 Å². The number of aromatic nitrogens is 2. The van der Waals surface area contributed by atoms with Gasteiger partial charge in [-0.05, 0) is 38.5 Å². The predicted octanol–water partition coefficient (Wildman–Crippen LogP) is 2.86. The summed E-state index contributed by atoms with van der Waals surface area (Å²) in [4.78, 5) is 14.8. The lowest BCUT2D eigenvalue weighted by molar-refractivity contribution is 0.102. The van der Waals surface area contributed by atoms with Crippen LogP contribution in [-0.4, -0.2) is 42.0 Å². The molecule has 0 bridgehead atoms. The second-order valence-corrected chi connectivity index (χ2v) is 6.36. The van der Waals surface area contributed by atoms with E-state index >= 15 is 0 Å². The Bertz CT molecular complexity index is 718. The molecule has 1 fully saturated rings. The molecule has 2 heterocycles. The van der Waals surface area contributed by atoms with Gasteiger partial charge in [-0.1, -0.05) is 6.07 Å². The van der Waals surface area contributed by atoms with Gasteiger partial charge in [0.15, 0.2) is 0 Å². The summed E-state index contributed by atoms with van der Waals surface area (Å²) in [5.74, 6) is -0.118. The van der Waals surface area contributed by atoms with Crippen LogP contribution in [0.1, 0.15) is 35.8 Å². The molecular weight excluding hydrogens is 304 g/mol. The molecule has 1 N–H and O–H groups in total. The third kappa shape index (κ3) is 3.59. The second-order valence-electron chi connectivity index (χ2n) is 6.36. The number of hydrogen-bond acceptors (Lipinski definition) is 4. The molecule has 0 aliphatic carbocycles. The molecule has 3 rings (SSSR count). The van der Waals surface area contributed by atoms with Gasteiger partial charge in [-0.3, -0.25) is 9.48 Å². The summed E-state index contributed by atoms with van der Waals surface area (Å²) in [6, 6.07) is 6.09. The number of ether oxygens (including phenoxy) is 1. The predicted molar refractivity (Wildman–Crippen MR) is 94.8 cm³/mol. The van der Waals surface area contributed by atoms with E-state index in [2.05, 4.69) is 22.2 Å². The van der Waals surface area contributed by atoms with Crippen molar-refractivity contribution in [3.8, 4) is 0 Å². The minimum atomic E-state index is -0.118. The number of amides is 1. The maximum Gasteiger partial charge on any atom is 0.255 e. The number of morpholine rings is 1. The molecule has 6 nitrogen and oxygen atoms in total. The SMILES string of the molecule is Cc1ccc(C(=O)Nc2cnn(C(C)C)c2)cc1N1CCOCC1. The van der Waals surface area contributed by atoms with Gasteiger partial charge >= 0.3 is 0 Å². The molecule has 128 valence electrons. The van der Waals surface area contributed by atoms with Crippen molar-refractivity contribution in [1.29, 1.82) is 0 Å². The van der Waals surface area contributed by atoms with Gasteiger partial charge in [0.1, 0.15) is 0 Å². The maximum absolute atomic E-state index is 12.5. The van der Waals surface area contributed by atoms with Gasteiger partial charge in [0.2, 0.25) is 0 Å². The highest BCUT2D eigenvalue weighted by Gasteiger charge is 2.16. The molecule has 0 unspecified atom stereocenters. The zero-order valence-electron chi connectivity index (χ0n) is 14.5. The fourth-order valence-corrected chi connectivity index (χ4v) is 2.78. The number of rotatable bonds is 4. The highest BCUT2D eigenvalue weighted by Crippen LogP contribution is 2.23. The van der Waals surface area contributed by atoms with Crippen molar-refractivity contribution in [2.45, 2.75) is 26.8 Å². The summed E-state index contributed by atoms with van der Waals surface area (Å²) in [6.45, 7) is 9.33. The summed E-state index contributed by atoms with van der Waals surface area (Å²) in [7, 11) is 0. The van der Waals surface area contributed by atoms with Crippen molar-refractivity contribution in [2.75, 3.05) is 36.5 Å². The van der Waals surface area contributed by atoms with Gasteiger partial charge in [-0.15, -0.1) is 0 Å². The Morgan fingerprint density at radius 1 is 1.29 bits per heavy atom. The number of carbonyl (C=O) groups excluding carboxylic acids is 1. The lowest BCUT2D eigenvalue weighted by Gasteiger charge is -2.30. The molecule has 1 aromatic carbocycles. The number of carbonyl (C=O) groups is 1. The Morgan fingerprint density at radius 3 is 2.71 bits per heavy atom. The van der Waals surface area contributed by atoms with Crippen LogP contribution in [0.4, 0.5) is 11.4 Å². The molecule has 0 spiro atoms. The van der Waals surface area contributed by atoms with Crippen molar-refractivity contribution in [3.05, 3.63) is 41.7 Å². The van der Waals surface area contributed by atoms with Crippen LogP contribution in [0.2, 0.25) is 0 Å². The number of benzene rings is 1. The molecule has 1 aliphatic heterocycles. The average Bonchev–Trinajstić information content (AvgIpc) is 3.05. The zero-order chi connectivity index (χ0) is 17.1. The zero-order valence-corrected chi connectivity index (χ0v) is 14.5. The van der Waals surface area contributed by atoms with Gasteiger partial charge < -0.3 is 15.0 Å². The number of nitrogens with one attached hydrogen (secondary N) is 1. The molecule has 2 aromatic rings. The van der Waals surface area contributed by atoms with Crippen LogP contribution < -0.4 is 10.2 Å². The monoisotopic (exact) mass is 328 g/mol. The number of hydrogen-bond donors (Lipinski definition) is 1. The highest BCUT2D eigenvalue weighted by molar-refractivity contribution is 6.04. The van der Waals surface area contributed by atoms with Crippen LogP contribution in [0.15, 0.2) is 30.6 Å². The fraction of sp³-hybridized carbons (Fsp3) is 0.444. The smallest absolute Gasteiger partial charge is 0.255 e. The van der Waals surface area contributed by atoms with Crippen molar-refractivity contribution in [3.63, 3.8) is 0 Å². The molecule has 1 saturated heterocycles. The largest absolute Gasteiger partial charge is 0.378 e. The van der Waals surface area contributed by atoms with Gasteiger partial charge in [0.05, 0.1) is 25.1 Å². The van der Waals surface area contributed by atoms with Crippen LogP contribution in [0.25, 0.3) is 0 Å². The van der Waals surface area contributed by atoms with Crippen molar-refractivity contribution >= 4 is 17.3 Å². The standard InChI is InChI=1S/C18H24N4O2/c1-13(2)22-12-16(11-19-22)20-18(23)15-5-4-14(3)17(10-15)21-6-8-24-9-7-21/h4-5,10-13H,6-9H2,1-3H3,(H,20,23). The van der Waals surface area contributed by atoms with E-state index in [1.165, 1.54) is 5.56 Å². The van der Waals surface area contributed by atoms with E-state index in [1.807, 2.05) is 42.9 Å². The topological polar surface area (TPSA) is 59.4 Å². The molecule has 24 heavy (non-hydrogen) atoms. The molecule has 6 heteroatoms. The van der Waals surface area contributed by atoms with Crippen LogP contribution in [0.3, 0.4) is 0 Å². The van der Waals surface area contributed by atoms with Crippen LogP contribution in [-0.2, 0) is 4.74 Å². The molecule has 0 atom stereocenters. The number of anilines is 2. The minimum absolute atomic E-state index is 0.118. The third-order valence-electron chi connectivity index (χ3n) is 4.21. The summed E-state index contributed by atoms with van der Waals surface area (Å²) < 4.78 is 7.23. The molecule has 1 amide bonds. The molecular formula is C18H24N4O2. The van der Waals surface area contributed by atoms with Crippen LogP contribution in [0.5, 0.6) is 0 Å². The lowest BCUT2D eigenvalue weighted by atomic mass is 10.1. The highest BCUT2D eigenvalue weighted by atomic mass is 16.5. The molecule has 0 saturated carbocycles. The van der Waals surface area contributed by atoms with E-state index in [4.69, 9.17) is 4.74 Å². The maximum atomic E-state index is 12.5. The fourth-order valence-electron chi connectivity index (χ4n) is 2.78. The Labute approximate surface area is 142 Å². The second kappa shape index (κ2) is 7.05. The normalized spacial score (nSPS) is 14.9. The molecule has 1 aliphatic rings. The Morgan fingerprint density at radius 2 is 2.04 bits per heavy atom. The van der Waals surface area contributed by atoms with Gasteiger partial charge in [-0.2, -0.15) is 5.10 Å². The summed E-state index contributed by atoms with van der Waals surface area (Å²) in [5, 5.41) is 7.16. The summed E-state index contributed by atoms with van der Waals surface area (Å²) >= 11 is 0. The molecule has 1 aromatic heterocycles. The van der Waals surface area contributed by atoms with E-state index in [-0.39, 0.29) is 11.9 Å². The first kappa shape index (κ1) is 16.5. The van der Waals surface area contributed by atoms with Gasteiger partial charge in [0, 0.05) is 36.6 Å². The van der Waals surface area contributed by atoms with Gasteiger partial charge in [0.25, 0.3) is 5.91 Å². The van der Waals surface area contributed by atoms with E-state index in [9.17, 15) is 4.79 Å². The average molecular weight is 328 g/mol. The third-order valence-corrected chi connectivity index (χ3v) is 4.21. The Hall–Kier alpha value is -2.34. The number of aryl methyl sites for hydroxylation is 1. The number of nitrogens with zero attached hydrogens (tertiary/aromatic N) is 3. The van der Waals surface area contributed by atoms with E-state index in [0.29, 0.717) is 11.3 Å². The summed E-state index contributed by atoms with van der Waals surface area (Å²) in [6.07, 6.45) is 3.52. The quantitative estimate of drug-likeness (QED) is 0.937. The van der Waals surface area contributed by atoms with E-state index in [0.717, 1.165) is 32.0 Å². The van der Waals surface area contributed by atoms with Gasteiger partial charge in [-0.25, -0.2) is 0 Å². The van der Waals surface area contributed by atoms with Crippen molar-refractivity contribution in [2.24, 2.45) is 0 Å². The first-order valence-electron chi connectivity index (χ1n) is 8.33. The van der Waals surface area contributed by atoms with Crippen LogP contribution >= 0.6 is 0 Å². The minimum Gasteiger partial charge on any atom is -0.378 e. The van der Waals surface area contributed by atoms with E-state index < -0.39 is 0 Å². The first-order valence-corrected chi connectivity index (χ1v) is 8.33.